The second kappa shape index (κ2) is 11.7. The van der Waals surface area contributed by atoms with E-state index in [1.54, 1.807) is 22.0 Å². The summed E-state index contributed by atoms with van der Waals surface area (Å²) in [5.74, 6) is 0. The van der Waals surface area contributed by atoms with Crippen LogP contribution in [0.4, 0.5) is 0 Å². The summed E-state index contributed by atoms with van der Waals surface area (Å²) < 4.78 is 3.51. The maximum Gasteiger partial charge on any atom is 0.200 e. The van der Waals surface area contributed by atoms with E-state index < -0.39 is 0 Å². The highest BCUT2D eigenvalue weighted by Crippen LogP contribution is 2.10. The van der Waals surface area contributed by atoms with Crippen LogP contribution in [0.5, 0.6) is 0 Å². The molecule has 0 saturated heterocycles. The zero-order chi connectivity index (χ0) is 16.9. The van der Waals surface area contributed by atoms with Crippen molar-refractivity contribution in [2.45, 2.75) is 77.4 Å². The molecule has 0 bridgehead atoms. The van der Waals surface area contributed by atoms with Crippen LogP contribution in [0.2, 0.25) is 0 Å². The average molecular weight is 333 g/mol. The molecule has 0 aliphatic rings. The minimum absolute atomic E-state index is 0.159. The molecule has 2 rings (SSSR count). The van der Waals surface area contributed by atoms with Crippen molar-refractivity contribution in [2.75, 3.05) is 6.54 Å². The van der Waals surface area contributed by atoms with E-state index >= 15 is 0 Å². The minimum Gasteiger partial charge on any atom is -0.277 e. The minimum atomic E-state index is -0.159. The van der Waals surface area contributed by atoms with Crippen LogP contribution in [-0.4, -0.2) is 36.1 Å². The molecule has 0 aliphatic carbocycles. The Labute approximate surface area is 144 Å². The van der Waals surface area contributed by atoms with Gasteiger partial charge in [-0.2, -0.15) is 10.2 Å². The van der Waals surface area contributed by atoms with Gasteiger partial charge < -0.3 is 0 Å². The van der Waals surface area contributed by atoms with Gasteiger partial charge in [0.2, 0.25) is 6.29 Å². The Hall–Kier alpha value is -1.76. The van der Waals surface area contributed by atoms with Crippen molar-refractivity contribution >= 4 is 0 Å². The van der Waals surface area contributed by atoms with Crippen molar-refractivity contribution in [1.82, 2.24) is 34.8 Å². The molecule has 7 heteroatoms. The van der Waals surface area contributed by atoms with E-state index in [-0.39, 0.29) is 6.29 Å². The van der Waals surface area contributed by atoms with Gasteiger partial charge in [-0.05, 0) is 13.0 Å². The molecule has 0 fully saturated rings. The standard InChI is InChI=1S/C17H31N7/c1-2-3-4-5-6-7-8-9-10-11-12-20-17(23-15-18-13-21-23)24-16-19-14-22-24/h13-17,20H,2-12H2,1H3. The maximum atomic E-state index is 4.20. The maximum absolute atomic E-state index is 4.20. The second-order valence-electron chi connectivity index (χ2n) is 6.26. The highest BCUT2D eigenvalue weighted by atomic mass is 15.5. The van der Waals surface area contributed by atoms with E-state index in [9.17, 15) is 0 Å². The molecular weight excluding hydrogens is 302 g/mol. The van der Waals surface area contributed by atoms with Gasteiger partial charge >= 0.3 is 0 Å². The summed E-state index contributed by atoms with van der Waals surface area (Å²) in [6, 6.07) is 0. The third kappa shape index (κ3) is 6.78. The van der Waals surface area contributed by atoms with E-state index in [4.69, 9.17) is 0 Å². The van der Waals surface area contributed by atoms with Gasteiger partial charge in [0.25, 0.3) is 0 Å². The van der Waals surface area contributed by atoms with Gasteiger partial charge in [-0.3, -0.25) is 5.32 Å². The molecule has 24 heavy (non-hydrogen) atoms. The molecule has 0 radical (unpaired) electrons. The van der Waals surface area contributed by atoms with Gasteiger partial charge in [-0.1, -0.05) is 64.7 Å². The zero-order valence-electron chi connectivity index (χ0n) is 14.8. The lowest BCUT2D eigenvalue weighted by Gasteiger charge is -2.18. The SMILES string of the molecule is CCCCCCCCCCCCNC(n1cncn1)n1cncn1. The third-order valence-corrected chi connectivity index (χ3v) is 4.23. The van der Waals surface area contributed by atoms with Crippen molar-refractivity contribution < 1.29 is 0 Å². The molecule has 0 saturated carbocycles. The largest absolute Gasteiger partial charge is 0.277 e. The van der Waals surface area contributed by atoms with Crippen LogP contribution in [0, 0.1) is 0 Å². The molecular formula is C17H31N7. The molecule has 0 atom stereocenters. The highest BCUT2D eigenvalue weighted by Gasteiger charge is 2.12. The van der Waals surface area contributed by atoms with Gasteiger partial charge in [0.05, 0.1) is 0 Å². The lowest BCUT2D eigenvalue weighted by Crippen LogP contribution is -2.34. The first-order valence-corrected chi connectivity index (χ1v) is 9.33. The topological polar surface area (TPSA) is 73.5 Å². The van der Waals surface area contributed by atoms with Crippen molar-refractivity contribution in [3.8, 4) is 0 Å². The first-order chi connectivity index (χ1) is 11.9. The van der Waals surface area contributed by atoms with Crippen molar-refractivity contribution in [2.24, 2.45) is 0 Å². The van der Waals surface area contributed by atoms with Gasteiger partial charge in [-0.25, -0.2) is 19.3 Å². The Bertz CT molecular complexity index is 461. The lowest BCUT2D eigenvalue weighted by molar-refractivity contribution is 0.290. The van der Waals surface area contributed by atoms with Crippen LogP contribution < -0.4 is 5.32 Å². The molecule has 0 unspecified atom stereocenters. The molecule has 2 aromatic rings. The summed E-state index contributed by atoms with van der Waals surface area (Å²) in [4.78, 5) is 8.02. The number of hydrogen-bond acceptors (Lipinski definition) is 5. The fourth-order valence-electron chi connectivity index (χ4n) is 2.84. The van der Waals surface area contributed by atoms with E-state index in [0.717, 1.165) is 13.0 Å². The number of nitrogens with one attached hydrogen (secondary N) is 1. The second-order valence-corrected chi connectivity index (χ2v) is 6.26. The van der Waals surface area contributed by atoms with E-state index in [1.165, 1.54) is 70.4 Å². The molecule has 0 aromatic carbocycles. The fourth-order valence-corrected chi connectivity index (χ4v) is 2.84. The van der Waals surface area contributed by atoms with Crippen LogP contribution in [0.1, 0.15) is 77.4 Å². The molecule has 2 aromatic heterocycles. The lowest BCUT2D eigenvalue weighted by atomic mass is 10.1. The van der Waals surface area contributed by atoms with Crippen LogP contribution in [0.25, 0.3) is 0 Å². The van der Waals surface area contributed by atoms with E-state index in [1.807, 2.05) is 0 Å². The summed E-state index contributed by atoms with van der Waals surface area (Å²) in [6.45, 7) is 3.20. The first kappa shape index (κ1) is 18.6. The molecule has 0 spiro atoms. The summed E-state index contributed by atoms with van der Waals surface area (Å²) in [6.07, 6.45) is 19.7. The van der Waals surface area contributed by atoms with Crippen LogP contribution in [0.15, 0.2) is 25.3 Å². The van der Waals surface area contributed by atoms with Gasteiger partial charge in [-0.15, -0.1) is 0 Å². The predicted molar refractivity (Wildman–Crippen MR) is 94.3 cm³/mol. The number of hydrogen-bond donors (Lipinski definition) is 1. The smallest absolute Gasteiger partial charge is 0.200 e. The Kier molecular flexibility index (Phi) is 9.08. The Morgan fingerprint density at radius 1 is 0.750 bits per heavy atom. The zero-order valence-corrected chi connectivity index (χ0v) is 14.8. The van der Waals surface area contributed by atoms with Gasteiger partial charge in [0.1, 0.15) is 25.3 Å². The molecule has 2 heterocycles. The van der Waals surface area contributed by atoms with Crippen molar-refractivity contribution in [3.05, 3.63) is 25.3 Å². The average Bonchev–Trinajstić information content (AvgIpc) is 3.30. The predicted octanol–water partition coefficient (Wildman–Crippen LogP) is 3.38. The number of aromatic nitrogens is 6. The van der Waals surface area contributed by atoms with Crippen LogP contribution in [-0.2, 0) is 0 Å². The summed E-state index contributed by atoms with van der Waals surface area (Å²) in [5, 5.41) is 11.9. The Balaban J connectivity index is 1.54. The van der Waals surface area contributed by atoms with Crippen molar-refractivity contribution in [1.29, 1.82) is 0 Å². The number of unbranched alkanes of at least 4 members (excludes halogenated alkanes) is 9. The van der Waals surface area contributed by atoms with Crippen LogP contribution >= 0.6 is 0 Å². The Morgan fingerprint density at radius 3 is 1.71 bits per heavy atom. The molecule has 0 amide bonds. The summed E-state index contributed by atoms with van der Waals surface area (Å²) >= 11 is 0. The first-order valence-electron chi connectivity index (χ1n) is 9.33. The van der Waals surface area contributed by atoms with Crippen molar-refractivity contribution in [3.63, 3.8) is 0 Å². The highest BCUT2D eigenvalue weighted by molar-refractivity contribution is 4.70. The van der Waals surface area contributed by atoms with Gasteiger partial charge in [0, 0.05) is 0 Å². The van der Waals surface area contributed by atoms with Gasteiger partial charge in [0.15, 0.2) is 0 Å². The van der Waals surface area contributed by atoms with Crippen LogP contribution in [0.3, 0.4) is 0 Å². The Morgan fingerprint density at radius 2 is 1.25 bits per heavy atom. The quantitative estimate of drug-likeness (QED) is 0.536. The molecule has 7 nitrogen and oxygen atoms in total. The fraction of sp³-hybridized carbons (Fsp3) is 0.765. The van der Waals surface area contributed by atoms with E-state index in [0.29, 0.717) is 0 Å². The number of rotatable bonds is 14. The molecule has 134 valence electrons. The number of nitrogens with zero attached hydrogens (tertiary/aromatic N) is 6. The summed E-state index contributed by atoms with van der Waals surface area (Å²) in [7, 11) is 0. The third-order valence-electron chi connectivity index (χ3n) is 4.23. The molecule has 0 aliphatic heterocycles. The normalized spacial score (nSPS) is 11.4. The molecule has 1 N–H and O–H groups in total. The summed E-state index contributed by atoms with van der Waals surface area (Å²) in [5.41, 5.74) is 0. The monoisotopic (exact) mass is 333 g/mol. The van der Waals surface area contributed by atoms with E-state index in [2.05, 4.69) is 32.4 Å².